The molecule has 39 heavy (non-hydrogen) atoms. The minimum atomic E-state index is -0.730. The summed E-state index contributed by atoms with van der Waals surface area (Å²) in [7, 11) is 6.88. The van der Waals surface area contributed by atoms with Crippen molar-refractivity contribution in [2.24, 2.45) is 5.41 Å². The van der Waals surface area contributed by atoms with E-state index in [9.17, 15) is 23.9 Å². The van der Waals surface area contributed by atoms with Gasteiger partial charge in [0.2, 0.25) is 23.1 Å². The molecule has 2 amide bonds. The lowest BCUT2D eigenvalue weighted by Crippen LogP contribution is -2.81. The van der Waals surface area contributed by atoms with Crippen molar-refractivity contribution in [3.8, 4) is 0 Å². The third-order valence-corrected chi connectivity index (χ3v) is 8.80. The smallest absolute Gasteiger partial charge is 0.313 e. The van der Waals surface area contributed by atoms with E-state index in [1.54, 1.807) is 45.2 Å². The fourth-order valence-corrected chi connectivity index (χ4v) is 6.12. The molecular formula is C27H34FN6O4S+. The lowest BCUT2D eigenvalue weighted by Gasteiger charge is -2.49. The molecule has 12 heteroatoms. The lowest BCUT2D eigenvalue weighted by molar-refractivity contribution is -0.531. The van der Waals surface area contributed by atoms with Gasteiger partial charge in [-0.3, -0.25) is 25.0 Å². The Hall–Kier alpha value is -3.48. The first kappa shape index (κ1) is 28.5. The number of likely N-dealkylation sites (N-methyl/N-ethyl adjacent to an activating group) is 1. The van der Waals surface area contributed by atoms with Gasteiger partial charge in [0, 0.05) is 33.0 Å². The van der Waals surface area contributed by atoms with E-state index in [2.05, 4.69) is 15.5 Å². The average Bonchev–Trinajstić information content (AvgIpc) is 3.39. The first-order valence-corrected chi connectivity index (χ1v) is 13.5. The molecule has 1 fully saturated rings. The zero-order chi connectivity index (χ0) is 28.5. The molecule has 0 spiro atoms. The first-order valence-electron chi connectivity index (χ1n) is 12.7. The van der Waals surface area contributed by atoms with E-state index in [1.165, 1.54) is 39.9 Å². The molecule has 0 unspecified atom stereocenters. The van der Waals surface area contributed by atoms with Gasteiger partial charge in [-0.1, -0.05) is 30.4 Å². The summed E-state index contributed by atoms with van der Waals surface area (Å²) in [6.45, 7) is 1.95. The molecule has 2 heterocycles. The molecule has 1 aromatic heterocycles. The van der Waals surface area contributed by atoms with Crippen molar-refractivity contribution in [2.75, 3.05) is 28.2 Å². The Morgan fingerprint density at radius 2 is 1.77 bits per heavy atom. The van der Waals surface area contributed by atoms with Gasteiger partial charge in [0.25, 0.3) is 0 Å². The van der Waals surface area contributed by atoms with Gasteiger partial charge in [-0.25, -0.2) is 4.39 Å². The van der Waals surface area contributed by atoms with Gasteiger partial charge < -0.3 is 14.9 Å². The highest BCUT2D eigenvalue weighted by atomic mass is 32.1. The highest BCUT2D eigenvalue weighted by molar-refractivity contribution is 7.12. The second kappa shape index (κ2) is 10.9. The number of aliphatic hydroxyl groups is 1. The van der Waals surface area contributed by atoms with Crippen LogP contribution in [-0.2, 0) is 20.8 Å². The van der Waals surface area contributed by atoms with Gasteiger partial charge in [-0.05, 0) is 50.4 Å². The van der Waals surface area contributed by atoms with Crippen LogP contribution in [0.15, 0.2) is 41.9 Å². The van der Waals surface area contributed by atoms with Crippen LogP contribution in [0.25, 0.3) is 5.57 Å². The Kier molecular flexibility index (Phi) is 8.01. The molecule has 1 aliphatic heterocycles. The Morgan fingerprint density at radius 3 is 2.36 bits per heavy atom. The van der Waals surface area contributed by atoms with Gasteiger partial charge in [-0.15, -0.1) is 10.2 Å². The van der Waals surface area contributed by atoms with E-state index in [0.717, 1.165) is 5.56 Å². The third-order valence-electron chi connectivity index (χ3n) is 7.84. The van der Waals surface area contributed by atoms with Crippen LogP contribution in [0.3, 0.4) is 0 Å². The first-order chi connectivity index (χ1) is 18.4. The summed E-state index contributed by atoms with van der Waals surface area (Å²) in [5.74, 6) is -2.12. The van der Waals surface area contributed by atoms with E-state index in [4.69, 9.17) is 0 Å². The monoisotopic (exact) mass is 557 g/mol. The average molecular weight is 558 g/mol. The van der Waals surface area contributed by atoms with Crippen LogP contribution in [0, 0.1) is 11.2 Å². The number of allylic oxidation sites excluding steroid dienone is 1. The van der Waals surface area contributed by atoms with Gasteiger partial charge in [0.05, 0.1) is 5.66 Å². The number of hydrogen-bond donors (Lipinski definition) is 3. The number of carbonyl (C=O) groups excluding carboxylic acids is 3. The number of ketones is 1. The SMILES string of the molecule is CNC1(N(C)C(=O)C2=C(O)C(=O)C(c3nnc(Cc4ccc(F)cc4)s3)=C[NH2+]2)CCC(C)(C(=O)N(C)C)CC1. The number of aromatic nitrogens is 2. The minimum Gasteiger partial charge on any atom is -0.500 e. The Morgan fingerprint density at radius 1 is 1.13 bits per heavy atom. The quantitative estimate of drug-likeness (QED) is 0.440. The van der Waals surface area contributed by atoms with E-state index >= 15 is 0 Å². The largest absolute Gasteiger partial charge is 0.500 e. The number of quaternary nitrogens is 1. The second-order valence-electron chi connectivity index (χ2n) is 10.5. The number of amides is 2. The molecular weight excluding hydrogens is 523 g/mol. The van der Waals surface area contributed by atoms with Crippen molar-refractivity contribution >= 4 is 34.5 Å². The number of nitrogens with zero attached hydrogens (tertiary/aromatic N) is 4. The molecule has 2 aromatic rings. The number of benzene rings is 1. The second-order valence-corrected chi connectivity index (χ2v) is 11.6. The zero-order valence-corrected chi connectivity index (χ0v) is 23.6. The van der Waals surface area contributed by atoms with E-state index in [-0.39, 0.29) is 23.0 Å². The van der Waals surface area contributed by atoms with E-state index in [1.807, 2.05) is 6.92 Å². The number of aliphatic hydroxyl groups excluding tert-OH is 1. The normalized spacial score (nSPS) is 23.4. The van der Waals surface area contributed by atoms with Gasteiger partial charge >= 0.3 is 5.91 Å². The van der Waals surface area contributed by atoms with Crippen molar-refractivity contribution in [1.29, 1.82) is 0 Å². The fraction of sp³-hybridized carbons (Fsp3) is 0.444. The van der Waals surface area contributed by atoms with Crippen LogP contribution in [0.1, 0.15) is 48.2 Å². The summed E-state index contributed by atoms with van der Waals surface area (Å²) < 4.78 is 13.2. The molecule has 0 bridgehead atoms. The summed E-state index contributed by atoms with van der Waals surface area (Å²) >= 11 is 1.19. The molecule has 1 aliphatic carbocycles. The molecule has 0 saturated heterocycles. The third kappa shape index (κ3) is 5.49. The Labute approximate surface area is 230 Å². The van der Waals surface area contributed by atoms with Gasteiger partial charge in [0.15, 0.2) is 5.01 Å². The maximum atomic E-state index is 13.5. The molecule has 0 radical (unpaired) electrons. The molecule has 4 N–H and O–H groups in total. The van der Waals surface area contributed by atoms with Crippen LogP contribution in [0.2, 0.25) is 0 Å². The maximum Gasteiger partial charge on any atom is 0.313 e. The number of rotatable bonds is 7. The number of halogens is 1. The van der Waals surface area contributed by atoms with Crippen molar-refractivity contribution in [3.63, 3.8) is 0 Å². The van der Waals surface area contributed by atoms with Crippen molar-refractivity contribution in [2.45, 2.75) is 44.7 Å². The van der Waals surface area contributed by atoms with E-state index < -0.39 is 28.5 Å². The number of hydrogen-bond acceptors (Lipinski definition) is 8. The number of Topliss-reactive ketones (excluding diaryl/α,β-unsaturated/α-hetero) is 1. The molecule has 4 rings (SSSR count). The molecule has 2 aliphatic rings. The number of carbonyl (C=O) groups is 3. The van der Waals surface area contributed by atoms with Crippen molar-refractivity contribution < 1.29 is 29.2 Å². The predicted octanol–water partition coefficient (Wildman–Crippen LogP) is 1.57. The van der Waals surface area contributed by atoms with Crippen LogP contribution in [-0.4, -0.2) is 76.6 Å². The van der Waals surface area contributed by atoms with Crippen molar-refractivity contribution in [1.82, 2.24) is 25.3 Å². The fourth-order valence-electron chi connectivity index (χ4n) is 5.22. The maximum absolute atomic E-state index is 13.5. The van der Waals surface area contributed by atoms with E-state index in [0.29, 0.717) is 42.1 Å². The number of nitrogens with one attached hydrogen (secondary N) is 1. The molecule has 10 nitrogen and oxygen atoms in total. The summed E-state index contributed by atoms with van der Waals surface area (Å²) in [5, 5.41) is 24.6. The van der Waals surface area contributed by atoms with Gasteiger partial charge in [-0.2, -0.15) is 0 Å². The van der Waals surface area contributed by atoms with Crippen LogP contribution >= 0.6 is 11.3 Å². The highest BCUT2D eigenvalue weighted by Gasteiger charge is 2.48. The highest BCUT2D eigenvalue weighted by Crippen LogP contribution is 2.43. The van der Waals surface area contributed by atoms with Crippen LogP contribution in [0.4, 0.5) is 4.39 Å². The number of nitrogens with two attached hydrogens (primary N) is 1. The summed E-state index contributed by atoms with van der Waals surface area (Å²) in [5.41, 5.74) is -0.355. The topological polar surface area (TPSA) is 132 Å². The Bertz CT molecular complexity index is 1340. The molecule has 0 atom stereocenters. The molecule has 1 aromatic carbocycles. The predicted molar refractivity (Wildman–Crippen MR) is 144 cm³/mol. The summed E-state index contributed by atoms with van der Waals surface area (Å²) in [6.07, 6.45) is 4.13. The zero-order valence-electron chi connectivity index (χ0n) is 22.7. The molecule has 208 valence electrons. The molecule has 1 saturated carbocycles. The minimum absolute atomic E-state index is 0.0583. The van der Waals surface area contributed by atoms with Crippen LogP contribution in [0.5, 0.6) is 0 Å². The summed E-state index contributed by atoms with van der Waals surface area (Å²) in [4.78, 5) is 42.4. The lowest BCUT2D eigenvalue weighted by atomic mass is 9.70. The Balaban J connectivity index is 1.47. The standard InChI is InChI=1S/C27H33FN6O4S/c1-26(25(38)33(3)4)10-12-27(29-2,13-11-26)34(5)24(37)20-22(36)21(35)18(15-30-20)23-32-31-19(39-23)14-16-6-8-17(28)9-7-16/h6-9,15,29,36H,10-14H2,1-5H3,(H,30,35)/p+1. The summed E-state index contributed by atoms with van der Waals surface area (Å²) in [6, 6.07) is 6.04. The van der Waals surface area contributed by atoms with Crippen LogP contribution < -0.4 is 10.6 Å². The van der Waals surface area contributed by atoms with Gasteiger partial charge in [0.1, 0.15) is 22.6 Å². The van der Waals surface area contributed by atoms with Crippen molar-refractivity contribution in [3.05, 3.63) is 63.3 Å².